The summed E-state index contributed by atoms with van der Waals surface area (Å²) in [5, 5.41) is 3.02. The van der Waals surface area contributed by atoms with Crippen LogP contribution in [0.1, 0.15) is 37.3 Å². The van der Waals surface area contributed by atoms with E-state index < -0.39 is 0 Å². The Morgan fingerprint density at radius 3 is 2.74 bits per heavy atom. The van der Waals surface area contributed by atoms with Crippen LogP contribution >= 0.6 is 0 Å². The molecule has 0 bridgehead atoms. The number of nitrogens with one attached hydrogen (secondary N) is 1. The van der Waals surface area contributed by atoms with Gasteiger partial charge >= 0.3 is 0 Å². The SMILES string of the molecule is CC(C)c1ccccc1NC(=O)CCc1ccc2c(c1)OCO2. The summed E-state index contributed by atoms with van der Waals surface area (Å²) in [5.74, 6) is 1.92. The van der Waals surface area contributed by atoms with Crippen molar-refractivity contribution in [3.05, 3.63) is 53.6 Å². The highest BCUT2D eigenvalue weighted by Crippen LogP contribution is 2.32. The first-order chi connectivity index (χ1) is 11.1. The van der Waals surface area contributed by atoms with Crippen LogP contribution < -0.4 is 14.8 Å². The number of benzene rings is 2. The number of aryl methyl sites for hydroxylation is 1. The highest BCUT2D eigenvalue weighted by molar-refractivity contribution is 5.91. The molecular weight excluding hydrogens is 290 g/mol. The van der Waals surface area contributed by atoms with Crippen LogP contribution in [0.3, 0.4) is 0 Å². The first-order valence-electron chi connectivity index (χ1n) is 7.91. The molecule has 0 aliphatic carbocycles. The number of hydrogen-bond acceptors (Lipinski definition) is 3. The third-order valence-corrected chi connectivity index (χ3v) is 3.93. The maximum atomic E-state index is 12.2. The van der Waals surface area contributed by atoms with Gasteiger partial charge in [-0.25, -0.2) is 0 Å². The predicted octanol–water partition coefficient (Wildman–Crippen LogP) is 4.11. The van der Waals surface area contributed by atoms with Crippen molar-refractivity contribution in [2.45, 2.75) is 32.6 Å². The van der Waals surface area contributed by atoms with E-state index in [2.05, 4.69) is 25.2 Å². The maximum absolute atomic E-state index is 12.2. The molecule has 4 nitrogen and oxygen atoms in total. The number of ether oxygens (including phenoxy) is 2. The van der Waals surface area contributed by atoms with E-state index in [1.54, 1.807) is 0 Å². The summed E-state index contributed by atoms with van der Waals surface area (Å²) in [5.41, 5.74) is 3.13. The molecule has 2 aromatic carbocycles. The van der Waals surface area contributed by atoms with E-state index in [1.807, 2.05) is 36.4 Å². The van der Waals surface area contributed by atoms with Crippen molar-refractivity contribution in [2.24, 2.45) is 0 Å². The molecule has 1 N–H and O–H groups in total. The largest absolute Gasteiger partial charge is 0.454 e. The Morgan fingerprint density at radius 1 is 1.13 bits per heavy atom. The molecule has 0 radical (unpaired) electrons. The summed E-state index contributed by atoms with van der Waals surface area (Å²) >= 11 is 0. The van der Waals surface area contributed by atoms with Crippen LogP contribution in [0.25, 0.3) is 0 Å². The fraction of sp³-hybridized carbons (Fsp3) is 0.316. The molecule has 0 spiro atoms. The summed E-state index contributed by atoms with van der Waals surface area (Å²) in [6, 6.07) is 13.8. The normalized spacial score (nSPS) is 12.5. The molecule has 1 aliphatic rings. The number of para-hydroxylation sites is 1. The van der Waals surface area contributed by atoms with Crippen LogP contribution in [0.5, 0.6) is 11.5 Å². The second-order valence-electron chi connectivity index (χ2n) is 5.98. The van der Waals surface area contributed by atoms with Crippen molar-refractivity contribution in [3.63, 3.8) is 0 Å². The van der Waals surface area contributed by atoms with Crippen LogP contribution in [0.15, 0.2) is 42.5 Å². The van der Waals surface area contributed by atoms with Gasteiger partial charge in [-0.2, -0.15) is 0 Å². The topological polar surface area (TPSA) is 47.6 Å². The van der Waals surface area contributed by atoms with Gasteiger partial charge in [-0.3, -0.25) is 4.79 Å². The van der Waals surface area contributed by atoms with E-state index in [9.17, 15) is 4.79 Å². The van der Waals surface area contributed by atoms with Crippen LogP contribution in [0.2, 0.25) is 0 Å². The number of carbonyl (C=O) groups excluding carboxylic acids is 1. The molecule has 0 atom stereocenters. The van der Waals surface area contributed by atoms with Gasteiger partial charge in [0.2, 0.25) is 12.7 Å². The monoisotopic (exact) mass is 311 g/mol. The fourth-order valence-corrected chi connectivity index (χ4v) is 2.68. The lowest BCUT2D eigenvalue weighted by atomic mass is 10.0. The quantitative estimate of drug-likeness (QED) is 0.904. The Labute approximate surface area is 136 Å². The minimum atomic E-state index is 0.0239. The summed E-state index contributed by atoms with van der Waals surface area (Å²) in [4.78, 5) is 12.2. The highest BCUT2D eigenvalue weighted by atomic mass is 16.7. The standard InChI is InChI=1S/C19H21NO3/c1-13(2)15-5-3-4-6-16(15)20-19(21)10-8-14-7-9-17-18(11-14)23-12-22-17/h3-7,9,11,13H,8,10,12H2,1-2H3,(H,20,21). The van der Waals surface area contributed by atoms with Crippen molar-refractivity contribution in [1.29, 1.82) is 0 Å². The number of amides is 1. The molecular formula is C19H21NO3. The van der Waals surface area contributed by atoms with Gasteiger partial charge in [0, 0.05) is 12.1 Å². The molecule has 2 aromatic rings. The fourth-order valence-electron chi connectivity index (χ4n) is 2.68. The Morgan fingerprint density at radius 2 is 1.91 bits per heavy atom. The molecule has 4 heteroatoms. The average molecular weight is 311 g/mol. The van der Waals surface area contributed by atoms with E-state index in [-0.39, 0.29) is 12.7 Å². The minimum Gasteiger partial charge on any atom is -0.454 e. The number of carbonyl (C=O) groups is 1. The van der Waals surface area contributed by atoms with Gasteiger partial charge < -0.3 is 14.8 Å². The highest BCUT2D eigenvalue weighted by Gasteiger charge is 2.14. The van der Waals surface area contributed by atoms with Gasteiger partial charge in [-0.1, -0.05) is 38.1 Å². The summed E-state index contributed by atoms with van der Waals surface area (Å²) in [6.45, 7) is 4.51. The zero-order chi connectivity index (χ0) is 16.2. The Balaban J connectivity index is 1.60. The molecule has 0 saturated heterocycles. The van der Waals surface area contributed by atoms with Gasteiger partial charge in [-0.05, 0) is 41.7 Å². The number of rotatable bonds is 5. The third-order valence-electron chi connectivity index (χ3n) is 3.93. The Hall–Kier alpha value is -2.49. The molecule has 1 heterocycles. The molecule has 3 rings (SSSR count). The smallest absolute Gasteiger partial charge is 0.231 e. The molecule has 0 aromatic heterocycles. The van der Waals surface area contributed by atoms with Crippen LogP contribution in [-0.4, -0.2) is 12.7 Å². The maximum Gasteiger partial charge on any atom is 0.231 e. The average Bonchev–Trinajstić information content (AvgIpc) is 3.01. The molecule has 0 unspecified atom stereocenters. The van der Waals surface area contributed by atoms with Crippen molar-refractivity contribution in [1.82, 2.24) is 0 Å². The number of hydrogen-bond donors (Lipinski definition) is 1. The van der Waals surface area contributed by atoms with Gasteiger partial charge in [0.25, 0.3) is 0 Å². The van der Waals surface area contributed by atoms with Crippen LogP contribution in [0, 0.1) is 0 Å². The zero-order valence-corrected chi connectivity index (χ0v) is 13.5. The molecule has 0 saturated carbocycles. The van der Waals surface area contributed by atoms with Gasteiger partial charge in [-0.15, -0.1) is 0 Å². The second kappa shape index (κ2) is 6.73. The van der Waals surface area contributed by atoms with E-state index in [4.69, 9.17) is 9.47 Å². The lowest BCUT2D eigenvalue weighted by molar-refractivity contribution is -0.116. The Kier molecular flexibility index (Phi) is 4.51. The van der Waals surface area contributed by atoms with Gasteiger partial charge in [0.05, 0.1) is 0 Å². The molecule has 0 fully saturated rings. The van der Waals surface area contributed by atoms with Crippen LogP contribution in [0.4, 0.5) is 5.69 Å². The Bertz CT molecular complexity index is 710. The first kappa shape index (κ1) is 15.4. The van der Waals surface area contributed by atoms with Crippen molar-refractivity contribution >= 4 is 11.6 Å². The molecule has 1 aliphatic heterocycles. The number of fused-ring (bicyclic) bond motifs is 1. The summed E-state index contributed by atoms with van der Waals surface area (Å²) in [6.07, 6.45) is 1.11. The van der Waals surface area contributed by atoms with E-state index in [0.717, 1.165) is 28.3 Å². The number of anilines is 1. The van der Waals surface area contributed by atoms with E-state index in [0.29, 0.717) is 18.8 Å². The van der Waals surface area contributed by atoms with Crippen molar-refractivity contribution in [3.8, 4) is 11.5 Å². The third kappa shape index (κ3) is 3.65. The van der Waals surface area contributed by atoms with Crippen molar-refractivity contribution < 1.29 is 14.3 Å². The van der Waals surface area contributed by atoms with Gasteiger partial charge in [0.15, 0.2) is 11.5 Å². The molecule has 120 valence electrons. The molecule has 23 heavy (non-hydrogen) atoms. The first-order valence-corrected chi connectivity index (χ1v) is 7.91. The van der Waals surface area contributed by atoms with Crippen LogP contribution in [-0.2, 0) is 11.2 Å². The van der Waals surface area contributed by atoms with Crippen molar-refractivity contribution in [2.75, 3.05) is 12.1 Å². The zero-order valence-electron chi connectivity index (χ0n) is 13.5. The lowest BCUT2D eigenvalue weighted by Gasteiger charge is -2.13. The second-order valence-corrected chi connectivity index (χ2v) is 5.98. The molecule has 1 amide bonds. The van der Waals surface area contributed by atoms with E-state index >= 15 is 0 Å². The summed E-state index contributed by atoms with van der Waals surface area (Å²) < 4.78 is 10.7. The van der Waals surface area contributed by atoms with E-state index in [1.165, 1.54) is 0 Å². The summed E-state index contributed by atoms with van der Waals surface area (Å²) in [7, 11) is 0. The lowest BCUT2D eigenvalue weighted by Crippen LogP contribution is -2.14. The minimum absolute atomic E-state index is 0.0239. The predicted molar refractivity (Wildman–Crippen MR) is 90.0 cm³/mol. The van der Waals surface area contributed by atoms with Gasteiger partial charge in [0.1, 0.15) is 0 Å².